The molecule has 2 rings (SSSR count). The summed E-state index contributed by atoms with van der Waals surface area (Å²) in [6.45, 7) is 9.86. The topological polar surface area (TPSA) is 47.3 Å². The monoisotopic (exact) mass is 285 g/mol. The number of nitrogens with zero attached hydrogens (tertiary/aromatic N) is 3. The van der Waals surface area contributed by atoms with Crippen LogP contribution in [0.1, 0.15) is 43.1 Å². The number of carbonyl (C=O) groups is 1. The van der Waals surface area contributed by atoms with Crippen LogP contribution in [0.25, 0.3) is 0 Å². The van der Waals surface area contributed by atoms with E-state index in [0.29, 0.717) is 17.2 Å². The third-order valence-electron chi connectivity index (χ3n) is 4.38. The average Bonchev–Trinajstić information content (AvgIpc) is 2.53. The Balaban J connectivity index is 2.19. The predicted molar refractivity (Wildman–Crippen MR) is 84.7 cm³/mol. The number of hydrogen-bond acceptors (Lipinski definition) is 4. The Morgan fingerprint density at radius 3 is 2.52 bits per heavy atom. The van der Waals surface area contributed by atoms with Gasteiger partial charge in [0.05, 0.1) is 11.6 Å². The van der Waals surface area contributed by atoms with E-state index in [4.69, 9.17) is 5.26 Å². The second-order valence-electron chi connectivity index (χ2n) is 5.68. The van der Waals surface area contributed by atoms with Crippen molar-refractivity contribution in [2.75, 3.05) is 31.1 Å². The van der Waals surface area contributed by atoms with Crippen LogP contribution in [0, 0.1) is 11.3 Å². The van der Waals surface area contributed by atoms with E-state index in [2.05, 4.69) is 29.7 Å². The lowest BCUT2D eigenvalue weighted by Crippen LogP contribution is -2.49. The van der Waals surface area contributed by atoms with E-state index in [1.165, 1.54) is 0 Å². The minimum Gasteiger partial charge on any atom is -0.368 e. The van der Waals surface area contributed by atoms with Gasteiger partial charge in [-0.05, 0) is 38.5 Å². The average molecular weight is 285 g/mol. The zero-order valence-corrected chi connectivity index (χ0v) is 13.1. The lowest BCUT2D eigenvalue weighted by molar-refractivity contribution is 0.101. The number of Topliss-reactive ketones (excluding diaryl/α,β-unsaturated/α-hetero) is 1. The molecule has 1 heterocycles. The molecule has 0 spiro atoms. The van der Waals surface area contributed by atoms with Crippen LogP contribution in [0.15, 0.2) is 18.2 Å². The molecule has 0 bridgehead atoms. The van der Waals surface area contributed by atoms with Gasteiger partial charge in [0, 0.05) is 43.5 Å². The smallest absolute Gasteiger partial charge is 0.161 e. The zero-order valence-electron chi connectivity index (χ0n) is 13.1. The van der Waals surface area contributed by atoms with E-state index < -0.39 is 0 Å². The molecule has 1 fully saturated rings. The van der Waals surface area contributed by atoms with E-state index >= 15 is 0 Å². The largest absolute Gasteiger partial charge is 0.368 e. The highest BCUT2D eigenvalue weighted by atomic mass is 16.1. The van der Waals surface area contributed by atoms with Crippen LogP contribution in [-0.4, -0.2) is 42.9 Å². The number of rotatable bonds is 4. The van der Waals surface area contributed by atoms with Gasteiger partial charge in [0.15, 0.2) is 5.78 Å². The van der Waals surface area contributed by atoms with Crippen molar-refractivity contribution in [3.8, 4) is 6.07 Å². The van der Waals surface area contributed by atoms with Gasteiger partial charge >= 0.3 is 0 Å². The van der Waals surface area contributed by atoms with Crippen LogP contribution in [-0.2, 0) is 0 Å². The maximum atomic E-state index is 11.8. The van der Waals surface area contributed by atoms with Crippen LogP contribution in [0.4, 0.5) is 5.69 Å². The van der Waals surface area contributed by atoms with Gasteiger partial charge in [-0.25, -0.2) is 0 Å². The summed E-state index contributed by atoms with van der Waals surface area (Å²) in [5.74, 6) is 0.0545. The number of nitriles is 1. The van der Waals surface area contributed by atoms with Crippen molar-refractivity contribution in [1.29, 1.82) is 5.26 Å². The number of anilines is 1. The molecular weight excluding hydrogens is 262 g/mol. The number of piperazine rings is 1. The van der Waals surface area contributed by atoms with Gasteiger partial charge in [0.2, 0.25) is 0 Å². The van der Waals surface area contributed by atoms with Gasteiger partial charge in [-0.1, -0.05) is 6.92 Å². The van der Waals surface area contributed by atoms with Crippen LogP contribution < -0.4 is 4.90 Å². The van der Waals surface area contributed by atoms with Gasteiger partial charge in [0.25, 0.3) is 0 Å². The van der Waals surface area contributed by atoms with E-state index in [-0.39, 0.29) is 5.78 Å². The summed E-state index contributed by atoms with van der Waals surface area (Å²) in [7, 11) is 0. The first-order valence-electron chi connectivity index (χ1n) is 7.61. The molecule has 4 nitrogen and oxygen atoms in total. The fraction of sp³-hybridized carbons (Fsp3) is 0.529. The standard InChI is InChI=1S/C17H23N3O/c1-4-13(2)19-7-9-20(10-8-19)17-11-15(12-18)5-6-16(17)14(3)21/h5-6,11,13H,4,7-10H2,1-3H3. The number of carbonyl (C=O) groups excluding carboxylic acids is 1. The quantitative estimate of drug-likeness (QED) is 0.798. The maximum absolute atomic E-state index is 11.8. The summed E-state index contributed by atoms with van der Waals surface area (Å²) in [6, 6.07) is 8.10. The van der Waals surface area contributed by atoms with E-state index in [0.717, 1.165) is 38.3 Å². The second-order valence-corrected chi connectivity index (χ2v) is 5.68. The van der Waals surface area contributed by atoms with Crippen molar-refractivity contribution in [3.05, 3.63) is 29.3 Å². The van der Waals surface area contributed by atoms with Gasteiger partial charge in [0.1, 0.15) is 0 Å². The molecule has 1 aliphatic rings. The lowest BCUT2D eigenvalue weighted by Gasteiger charge is -2.39. The van der Waals surface area contributed by atoms with Crippen LogP contribution in [0.3, 0.4) is 0 Å². The maximum Gasteiger partial charge on any atom is 0.161 e. The van der Waals surface area contributed by atoms with Crippen molar-refractivity contribution in [3.63, 3.8) is 0 Å². The van der Waals surface area contributed by atoms with Crippen molar-refractivity contribution < 1.29 is 4.79 Å². The Hall–Kier alpha value is -1.86. The Kier molecular flexibility index (Phi) is 4.98. The lowest BCUT2D eigenvalue weighted by atomic mass is 10.0. The van der Waals surface area contributed by atoms with Crippen molar-refractivity contribution in [2.45, 2.75) is 33.2 Å². The number of ketones is 1. The number of benzene rings is 1. The molecule has 0 amide bonds. The van der Waals surface area contributed by atoms with Gasteiger partial charge in [-0.2, -0.15) is 5.26 Å². The summed E-state index contributed by atoms with van der Waals surface area (Å²) in [6.07, 6.45) is 1.16. The van der Waals surface area contributed by atoms with Crippen molar-refractivity contribution >= 4 is 11.5 Å². The van der Waals surface area contributed by atoms with Crippen LogP contribution in [0.2, 0.25) is 0 Å². The molecule has 1 unspecified atom stereocenters. The van der Waals surface area contributed by atoms with Crippen molar-refractivity contribution in [1.82, 2.24) is 4.90 Å². The molecule has 0 radical (unpaired) electrons. The molecule has 1 aliphatic heterocycles. The SMILES string of the molecule is CCC(C)N1CCN(c2cc(C#N)ccc2C(C)=O)CC1. The Bertz CT molecular complexity index is 554. The first-order valence-corrected chi connectivity index (χ1v) is 7.61. The number of hydrogen-bond donors (Lipinski definition) is 0. The molecule has 0 N–H and O–H groups in total. The molecule has 4 heteroatoms. The summed E-state index contributed by atoms with van der Waals surface area (Å²) >= 11 is 0. The van der Waals surface area contributed by atoms with Gasteiger partial charge in [-0.15, -0.1) is 0 Å². The summed E-state index contributed by atoms with van der Waals surface area (Å²) in [5.41, 5.74) is 2.23. The minimum atomic E-state index is 0.0545. The fourth-order valence-corrected chi connectivity index (χ4v) is 2.82. The summed E-state index contributed by atoms with van der Waals surface area (Å²) in [4.78, 5) is 16.5. The highest BCUT2D eigenvalue weighted by Crippen LogP contribution is 2.24. The summed E-state index contributed by atoms with van der Waals surface area (Å²) < 4.78 is 0. The van der Waals surface area contributed by atoms with Gasteiger partial charge < -0.3 is 4.90 Å². The first kappa shape index (κ1) is 15.5. The highest BCUT2D eigenvalue weighted by molar-refractivity contribution is 6.00. The molecular formula is C17H23N3O. The van der Waals surface area contributed by atoms with Crippen LogP contribution in [0.5, 0.6) is 0 Å². The summed E-state index contributed by atoms with van der Waals surface area (Å²) in [5, 5.41) is 9.07. The van der Waals surface area contributed by atoms with E-state index in [1.807, 2.05) is 6.07 Å². The van der Waals surface area contributed by atoms with Gasteiger partial charge in [-0.3, -0.25) is 9.69 Å². The Morgan fingerprint density at radius 1 is 1.33 bits per heavy atom. The molecule has 1 aromatic carbocycles. The Labute approximate surface area is 127 Å². The second kappa shape index (κ2) is 6.73. The van der Waals surface area contributed by atoms with E-state index in [9.17, 15) is 4.79 Å². The third kappa shape index (κ3) is 3.43. The third-order valence-corrected chi connectivity index (χ3v) is 4.38. The first-order chi connectivity index (χ1) is 10.1. The minimum absolute atomic E-state index is 0.0545. The molecule has 0 saturated carbocycles. The molecule has 112 valence electrons. The zero-order chi connectivity index (χ0) is 15.4. The molecule has 21 heavy (non-hydrogen) atoms. The normalized spacial score (nSPS) is 17.3. The molecule has 1 saturated heterocycles. The molecule has 1 aromatic rings. The molecule has 0 aromatic heterocycles. The predicted octanol–water partition coefficient (Wildman–Crippen LogP) is 2.68. The van der Waals surface area contributed by atoms with Crippen LogP contribution >= 0.6 is 0 Å². The van der Waals surface area contributed by atoms with Crippen molar-refractivity contribution in [2.24, 2.45) is 0 Å². The Morgan fingerprint density at radius 2 is 2.00 bits per heavy atom. The molecule has 0 aliphatic carbocycles. The fourth-order valence-electron chi connectivity index (χ4n) is 2.82. The highest BCUT2D eigenvalue weighted by Gasteiger charge is 2.22. The molecule has 1 atom stereocenters. The van der Waals surface area contributed by atoms with E-state index in [1.54, 1.807) is 19.1 Å².